The maximum atomic E-state index is 5.44. The van der Waals surface area contributed by atoms with E-state index in [2.05, 4.69) is 45.2 Å². The minimum Gasteiger partial charge on any atom is -0.496 e. The van der Waals surface area contributed by atoms with Crippen molar-refractivity contribution < 1.29 is 4.74 Å². The van der Waals surface area contributed by atoms with E-state index in [1.54, 1.807) is 18.4 Å². The molecule has 0 amide bonds. The van der Waals surface area contributed by atoms with Crippen molar-refractivity contribution in [1.82, 2.24) is 4.98 Å². The number of rotatable bonds is 2. The molecule has 0 fully saturated rings. The number of hydrogen-bond acceptors (Lipinski definition) is 3. The highest BCUT2D eigenvalue weighted by atomic mass is 32.1. The van der Waals surface area contributed by atoms with E-state index in [1.807, 2.05) is 6.07 Å². The van der Waals surface area contributed by atoms with Crippen LogP contribution in [-0.2, 0) is 5.41 Å². The lowest BCUT2D eigenvalue weighted by molar-refractivity contribution is 0.416. The molecule has 0 aliphatic carbocycles. The third kappa shape index (κ3) is 2.56. The summed E-state index contributed by atoms with van der Waals surface area (Å²) in [6.07, 6.45) is 0. The Morgan fingerprint density at radius 2 is 1.94 bits per heavy atom. The Kier molecular flexibility index (Phi) is 3.44. The fraction of sp³-hybridized carbons (Fsp3) is 0.400. The lowest BCUT2D eigenvalue weighted by Gasteiger charge is -2.14. The zero-order valence-electron chi connectivity index (χ0n) is 11.6. The minimum absolute atomic E-state index is 0.0900. The number of thiazole rings is 1. The van der Waals surface area contributed by atoms with E-state index < -0.39 is 0 Å². The van der Waals surface area contributed by atoms with Crippen molar-refractivity contribution >= 4 is 11.3 Å². The highest BCUT2D eigenvalue weighted by Gasteiger charge is 2.19. The summed E-state index contributed by atoms with van der Waals surface area (Å²) in [5, 5.41) is 3.16. The van der Waals surface area contributed by atoms with Gasteiger partial charge in [0.15, 0.2) is 0 Å². The van der Waals surface area contributed by atoms with Gasteiger partial charge in [-0.1, -0.05) is 26.8 Å². The first-order valence-electron chi connectivity index (χ1n) is 6.03. The molecule has 1 heterocycles. The van der Waals surface area contributed by atoms with Gasteiger partial charge in [-0.15, -0.1) is 11.3 Å². The number of methoxy groups -OCH3 is 1. The monoisotopic (exact) mass is 261 g/mol. The molecule has 96 valence electrons. The Balaban J connectivity index is 2.46. The summed E-state index contributed by atoms with van der Waals surface area (Å²) in [7, 11) is 1.70. The fourth-order valence-corrected chi connectivity index (χ4v) is 2.79. The second-order valence-corrected chi connectivity index (χ2v) is 6.35. The quantitative estimate of drug-likeness (QED) is 0.798. The first-order chi connectivity index (χ1) is 8.41. The van der Waals surface area contributed by atoms with E-state index in [4.69, 9.17) is 9.72 Å². The van der Waals surface area contributed by atoms with Gasteiger partial charge in [-0.2, -0.15) is 0 Å². The third-order valence-electron chi connectivity index (χ3n) is 2.86. The Bertz CT molecular complexity index is 552. The third-order valence-corrected chi connectivity index (χ3v) is 3.74. The zero-order valence-corrected chi connectivity index (χ0v) is 12.4. The van der Waals surface area contributed by atoms with Crippen molar-refractivity contribution in [3.05, 3.63) is 34.8 Å². The van der Waals surface area contributed by atoms with Gasteiger partial charge in [0, 0.05) is 10.8 Å². The summed E-state index contributed by atoms with van der Waals surface area (Å²) >= 11 is 1.67. The molecule has 0 saturated carbocycles. The highest BCUT2D eigenvalue weighted by molar-refractivity contribution is 7.13. The average molecular weight is 261 g/mol. The van der Waals surface area contributed by atoms with E-state index >= 15 is 0 Å². The molecule has 0 radical (unpaired) electrons. The highest BCUT2D eigenvalue weighted by Crippen LogP contribution is 2.35. The van der Waals surface area contributed by atoms with Crippen molar-refractivity contribution in [2.75, 3.05) is 7.11 Å². The summed E-state index contributed by atoms with van der Waals surface area (Å²) in [6, 6.07) is 6.23. The molecule has 0 atom stereocenters. The molecule has 0 saturated heterocycles. The Hall–Kier alpha value is -1.35. The van der Waals surface area contributed by atoms with Gasteiger partial charge in [0.25, 0.3) is 0 Å². The molecule has 1 aromatic carbocycles. The number of benzene rings is 1. The number of ether oxygens (including phenoxy) is 1. The number of hydrogen-bond donors (Lipinski definition) is 0. The lowest BCUT2D eigenvalue weighted by Crippen LogP contribution is -2.11. The topological polar surface area (TPSA) is 22.1 Å². The largest absolute Gasteiger partial charge is 0.496 e. The Labute approximate surface area is 113 Å². The molecule has 0 spiro atoms. The summed E-state index contributed by atoms with van der Waals surface area (Å²) in [6.45, 7) is 8.60. The summed E-state index contributed by atoms with van der Waals surface area (Å²) in [5.74, 6) is 0.893. The first-order valence-corrected chi connectivity index (χ1v) is 6.91. The van der Waals surface area contributed by atoms with Crippen LogP contribution in [0.3, 0.4) is 0 Å². The zero-order chi connectivity index (χ0) is 13.3. The van der Waals surface area contributed by atoms with Crippen LogP contribution < -0.4 is 4.74 Å². The van der Waals surface area contributed by atoms with Crippen molar-refractivity contribution in [1.29, 1.82) is 0 Å². The van der Waals surface area contributed by atoms with Gasteiger partial charge in [0.05, 0.1) is 18.4 Å². The van der Waals surface area contributed by atoms with Crippen LogP contribution in [0.25, 0.3) is 10.6 Å². The van der Waals surface area contributed by atoms with E-state index in [9.17, 15) is 0 Å². The van der Waals surface area contributed by atoms with Crippen LogP contribution in [0.15, 0.2) is 23.6 Å². The normalized spacial score (nSPS) is 11.6. The lowest BCUT2D eigenvalue weighted by atomic mass is 9.93. The summed E-state index contributed by atoms with van der Waals surface area (Å²) in [4.78, 5) is 4.73. The smallest absolute Gasteiger partial charge is 0.129 e. The number of aryl methyl sites for hydroxylation is 1. The summed E-state index contributed by atoms with van der Waals surface area (Å²) < 4.78 is 5.44. The Morgan fingerprint density at radius 1 is 1.22 bits per heavy atom. The molecule has 0 unspecified atom stereocenters. The van der Waals surface area contributed by atoms with Gasteiger partial charge in [0.1, 0.15) is 10.8 Å². The van der Waals surface area contributed by atoms with Crippen LogP contribution in [0.4, 0.5) is 0 Å². The summed E-state index contributed by atoms with van der Waals surface area (Å²) in [5.41, 5.74) is 3.49. The van der Waals surface area contributed by atoms with Crippen LogP contribution in [-0.4, -0.2) is 12.1 Å². The molecule has 0 N–H and O–H groups in total. The molecule has 2 rings (SSSR count). The maximum absolute atomic E-state index is 5.44. The van der Waals surface area contributed by atoms with Crippen LogP contribution in [0, 0.1) is 6.92 Å². The van der Waals surface area contributed by atoms with E-state index in [0.29, 0.717) is 0 Å². The van der Waals surface area contributed by atoms with Gasteiger partial charge in [0.2, 0.25) is 0 Å². The molecule has 18 heavy (non-hydrogen) atoms. The van der Waals surface area contributed by atoms with Crippen LogP contribution in [0.1, 0.15) is 32.0 Å². The fourth-order valence-electron chi connectivity index (χ4n) is 1.72. The molecule has 0 aliphatic rings. The average Bonchev–Trinajstić information content (AvgIpc) is 2.77. The van der Waals surface area contributed by atoms with Crippen molar-refractivity contribution in [3.8, 4) is 16.3 Å². The molecule has 2 aromatic rings. The molecular weight excluding hydrogens is 242 g/mol. The second-order valence-electron chi connectivity index (χ2n) is 5.49. The van der Waals surface area contributed by atoms with Crippen LogP contribution in [0.2, 0.25) is 0 Å². The van der Waals surface area contributed by atoms with Gasteiger partial charge >= 0.3 is 0 Å². The van der Waals surface area contributed by atoms with E-state index in [-0.39, 0.29) is 5.41 Å². The molecule has 2 nitrogen and oxygen atoms in total. The van der Waals surface area contributed by atoms with E-state index in [1.165, 1.54) is 5.56 Å². The predicted molar refractivity (Wildman–Crippen MR) is 77.5 cm³/mol. The van der Waals surface area contributed by atoms with Gasteiger partial charge in [-0.3, -0.25) is 0 Å². The predicted octanol–water partition coefficient (Wildman–Crippen LogP) is 4.42. The van der Waals surface area contributed by atoms with Crippen molar-refractivity contribution in [2.24, 2.45) is 0 Å². The molecule has 0 bridgehead atoms. The van der Waals surface area contributed by atoms with E-state index in [0.717, 1.165) is 22.0 Å². The van der Waals surface area contributed by atoms with Gasteiger partial charge < -0.3 is 4.74 Å². The molecule has 0 aliphatic heterocycles. The molecular formula is C15H19NOS. The maximum Gasteiger partial charge on any atom is 0.129 e. The minimum atomic E-state index is 0.0900. The number of aromatic nitrogens is 1. The number of nitrogens with zero attached hydrogens (tertiary/aromatic N) is 1. The van der Waals surface area contributed by atoms with Crippen molar-refractivity contribution in [3.63, 3.8) is 0 Å². The van der Waals surface area contributed by atoms with Crippen LogP contribution >= 0.6 is 11.3 Å². The van der Waals surface area contributed by atoms with Gasteiger partial charge in [-0.25, -0.2) is 4.98 Å². The standard InChI is InChI=1S/C15H19NOS/c1-10-6-7-11(12(8-10)17-5)14-16-13(9-18-14)15(2,3)4/h6-9H,1-5H3. The Morgan fingerprint density at radius 3 is 2.50 bits per heavy atom. The SMILES string of the molecule is COc1cc(C)ccc1-c1nc(C(C)(C)C)cs1. The first kappa shape index (κ1) is 13.1. The molecule has 1 aromatic heterocycles. The van der Waals surface area contributed by atoms with Gasteiger partial charge in [-0.05, 0) is 24.6 Å². The van der Waals surface area contributed by atoms with Crippen LogP contribution in [0.5, 0.6) is 5.75 Å². The van der Waals surface area contributed by atoms with Crippen molar-refractivity contribution in [2.45, 2.75) is 33.1 Å². The molecule has 3 heteroatoms. The second kappa shape index (κ2) is 4.73.